The first-order valence-corrected chi connectivity index (χ1v) is 9.15. The van der Waals surface area contributed by atoms with E-state index in [1.165, 1.54) is 0 Å². The van der Waals surface area contributed by atoms with Gasteiger partial charge in [0.1, 0.15) is 5.75 Å². The normalized spacial score (nSPS) is 12.2. The minimum absolute atomic E-state index is 0.219. The summed E-state index contributed by atoms with van der Waals surface area (Å²) in [6.07, 6.45) is 0. The van der Waals surface area contributed by atoms with Crippen LogP contribution >= 0.6 is 0 Å². The molecular formula is C23H21N3O3. The Balaban J connectivity index is 1.92. The Morgan fingerprint density at radius 2 is 1.48 bits per heavy atom. The fraction of sp³-hybridized carbons (Fsp3) is 0.130. The van der Waals surface area contributed by atoms with Gasteiger partial charge in [-0.15, -0.1) is 0 Å². The van der Waals surface area contributed by atoms with Gasteiger partial charge in [-0.2, -0.15) is 0 Å². The highest BCUT2D eigenvalue weighted by Gasteiger charge is 2.34. The maximum absolute atomic E-state index is 13.3. The number of hydrogen-bond acceptors (Lipinski definition) is 6. The lowest BCUT2D eigenvalue weighted by atomic mass is 9.81. The average molecular weight is 387 g/mol. The van der Waals surface area contributed by atoms with Crippen molar-refractivity contribution in [3.8, 4) is 5.75 Å². The van der Waals surface area contributed by atoms with E-state index in [9.17, 15) is 9.59 Å². The summed E-state index contributed by atoms with van der Waals surface area (Å²) in [5.41, 5.74) is 9.94. The van der Waals surface area contributed by atoms with Crippen molar-refractivity contribution in [2.45, 2.75) is 0 Å². The monoisotopic (exact) mass is 387 g/mol. The lowest BCUT2D eigenvalue weighted by Crippen LogP contribution is -2.25. The van der Waals surface area contributed by atoms with E-state index in [2.05, 4.69) is 5.32 Å². The molecular weight excluding hydrogens is 366 g/mol. The molecule has 29 heavy (non-hydrogen) atoms. The predicted octanol–water partition coefficient (Wildman–Crippen LogP) is 3.86. The number of nitrogen functional groups attached to an aromatic ring is 1. The fourth-order valence-electron chi connectivity index (χ4n) is 3.60. The van der Waals surface area contributed by atoms with Crippen LogP contribution in [0.3, 0.4) is 0 Å². The number of methoxy groups -OCH3 is 1. The molecule has 6 heteroatoms. The predicted molar refractivity (Wildman–Crippen MR) is 115 cm³/mol. The summed E-state index contributed by atoms with van der Waals surface area (Å²) in [5.74, 6) is 0.265. The van der Waals surface area contributed by atoms with Gasteiger partial charge in [0.05, 0.1) is 35.3 Å². The summed E-state index contributed by atoms with van der Waals surface area (Å²) in [7, 11) is 5.29. The minimum atomic E-state index is -0.241. The van der Waals surface area contributed by atoms with Crippen LogP contribution in [-0.4, -0.2) is 32.8 Å². The van der Waals surface area contributed by atoms with Gasteiger partial charge in [-0.25, -0.2) is 0 Å². The smallest absolute Gasteiger partial charge is 0.196 e. The first-order valence-electron chi connectivity index (χ1n) is 9.15. The van der Waals surface area contributed by atoms with Gasteiger partial charge in [-0.05, 0) is 30.3 Å². The van der Waals surface area contributed by atoms with Crippen LogP contribution in [0.4, 0.5) is 22.7 Å². The number of hydrogen-bond donors (Lipinski definition) is 2. The molecule has 0 heterocycles. The van der Waals surface area contributed by atoms with Crippen molar-refractivity contribution in [2.75, 3.05) is 37.2 Å². The topological polar surface area (TPSA) is 84.7 Å². The lowest BCUT2D eigenvalue weighted by Gasteiger charge is -2.26. The number of anilines is 4. The van der Waals surface area contributed by atoms with Crippen molar-refractivity contribution < 1.29 is 14.3 Å². The molecule has 1 aliphatic carbocycles. The van der Waals surface area contributed by atoms with Crippen molar-refractivity contribution in [3.63, 3.8) is 0 Å². The standard InChI is InChI=1S/C23H21N3O3/c1-26(2)18-12-17(25-13-8-10-14(29-3)11-9-13)19-20(21(18)24)23(28)16-7-5-4-6-15(16)22(19)27/h4-12,25H,24H2,1-3H3. The molecule has 3 N–H and O–H groups in total. The van der Waals surface area contributed by atoms with E-state index < -0.39 is 0 Å². The quantitative estimate of drug-likeness (QED) is 0.517. The molecule has 0 saturated heterocycles. The lowest BCUT2D eigenvalue weighted by molar-refractivity contribution is 0.0980. The van der Waals surface area contributed by atoms with Gasteiger partial charge >= 0.3 is 0 Å². The average Bonchev–Trinajstić information content (AvgIpc) is 2.73. The summed E-state index contributed by atoms with van der Waals surface area (Å²) >= 11 is 0. The van der Waals surface area contributed by atoms with E-state index in [1.54, 1.807) is 37.4 Å². The second-order valence-electron chi connectivity index (χ2n) is 7.06. The molecule has 146 valence electrons. The Hall–Kier alpha value is -3.80. The number of ether oxygens (including phenoxy) is 1. The molecule has 0 amide bonds. The summed E-state index contributed by atoms with van der Waals surface area (Å²) in [5, 5.41) is 3.28. The Bertz CT molecular complexity index is 1130. The maximum atomic E-state index is 13.3. The number of carbonyl (C=O) groups is 2. The van der Waals surface area contributed by atoms with Crippen molar-refractivity contribution in [2.24, 2.45) is 0 Å². The van der Waals surface area contributed by atoms with Gasteiger partial charge in [0, 0.05) is 30.9 Å². The Morgan fingerprint density at radius 3 is 2.03 bits per heavy atom. The van der Waals surface area contributed by atoms with Crippen LogP contribution in [0.15, 0.2) is 54.6 Å². The molecule has 0 aromatic heterocycles. The zero-order chi connectivity index (χ0) is 20.7. The molecule has 0 bridgehead atoms. The van der Waals surface area contributed by atoms with Crippen molar-refractivity contribution in [3.05, 3.63) is 76.9 Å². The number of nitrogens with zero attached hydrogens (tertiary/aromatic N) is 1. The Kier molecular flexibility index (Phi) is 4.47. The third kappa shape index (κ3) is 2.99. The summed E-state index contributed by atoms with van der Waals surface area (Å²) < 4.78 is 5.20. The summed E-state index contributed by atoms with van der Waals surface area (Å²) in [6, 6.07) is 16.0. The first-order chi connectivity index (χ1) is 13.9. The van der Waals surface area contributed by atoms with Gasteiger partial charge in [-0.3, -0.25) is 9.59 Å². The summed E-state index contributed by atoms with van der Waals surface area (Å²) in [4.78, 5) is 28.4. The van der Waals surface area contributed by atoms with E-state index in [-0.39, 0.29) is 17.1 Å². The first kappa shape index (κ1) is 18.6. The SMILES string of the molecule is COc1ccc(Nc2cc(N(C)C)c(N)c3c2C(=O)c2ccccc2C3=O)cc1. The van der Waals surface area contributed by atoms with E-state index in [0.717, 1.165) is 11.4 Å². The van der Waals surface area contributed by atoms with Crippen LogP contribution < -0.4 is 20.7 Å². The van der Waals surface area contributed by atoms with Crippen molar-refractivity contribution >= 4 is 34.3 Å². The van der Waals surface area contributed by atoms with Crippen molar-refractivity contribution in [1.82, 2.24) is 0 Å². The highest BCUT2D eigenvalue weighted by molar-refractivity contribution is 6.32. The third-order valence-electron chi connectivity index (χ3n) is 5.07. The van der Waals surface area contributed by atoms with E-state index in [0.29, 0.717) is 33.8 Å². The maximum Gasteiger partial charge on any atom is 0.196 e. The molecule has 0 atom stereocenters. The molecule has 0 spiro atoms. The van der Waals surface area contributed by atoms with Gasteiger partial charge in [0.2, 0.25) is 0 Å². The number of benzene rings is 3. The number of rotatable bonds is 4. The molecule has 3 aromatic carbocycles. The molecule has 1 aliphatic rings. The molecule has 3 aromatic rings. The Labute approximate surface area is 168 Å². The van der Waals surface area contributed by atoms with E-state index >= 15 is 0 Å². The second kappa shape index (κ2) is 6.98. The number of carbonyl (C=O) groups excluding carboxylic acids is 2. The van der Waals surface area contributed by atoms with Gasteiger partial charge in [-0.1, -0.05) is 24.3 Å². The van der Waals surface area contributed by atoms with Crippen LogP contribution in [0.5, 0.6) is 5.75 Å². The number of nitrogens with two attached hydrogens (primary N) is 1. The summed E-state index contributed by atoms with van der Waals surface area (Å²) in [6.45, 7) is 0. The largest absolute Gasteiger partial charge is 0.497 e. The molecule has 0 saturated carbocycles. The van der Waals surface area contributed by atoms with Gasteiger partial charge < -0.3 is 20.7 Å². The molecule has 6 nitrogen and oxygen atoms in total. The fourth-order valence-corrected chi connectivity index (χ4v) is 3.60. The second-order valence-corrected chi connectivity index (χ2v) is 7.06. The van der Waals surface area contributed by atoms with Crippen LogP contribution in [0, 0.1) is 0 Å². The zero-order valence-corrected chi connectivity index (χ0v) is 16.4. The van der Waals surface area contributed by atoms with E-state index in [1.807, 2.05) is 43.3 Å². The third-order valence-corrected chi connectivity index (χ3v) is 5.07. The Morgan fingerprint density at radius 1 is 0.897 bits per heavy atom. The van der Waals surface area contributed by atoms with Gasteiger partial charge in [0.15, 0.2) is 11.6 Å². The molecule has 0 radical (unpaired) electrons. The highest BCUT2D eigenvalue weighted by atomic mass is 16.5. The number of fused-ring (bicyclic) bond motifs is 2. The van der Waals surface area contributed by atoms with Gasteiger partial charge in [0.25, 0.3) is 0 Å². The van der Waals surface area contributed by atoms with Crippen LogP contribution in [0.25, 0.3) is 0 Å². The molecule has 0 aliphatic heterocycles. The van der Waals surface area contributed by atoms with Crippen LogP contribution in [-0.2, 0) is 0 Å². The minimum Gasteiger partial charge on any atom is -0.497 e. The van der Waals surface area contributed by atoms with Crippen molar-refractivity contribution in [1.29, 1.82) is 0 Å². The molecule has 4 rings (SSSR count). The number of ketones is 2. The number of nitrogens with one attached hydrogen (secondary N) is 1. The van der Waals surface area contributed by atoms with Crippen LogP contribution in [0.2, 0.25) is 0 Å². The molecule has 0 fully saturated rings. The van der Waals surface area contributed by atoms with Crippen LogP contribution in [0.1, 0.15) is 31.8 Å². The zero-order valence-electron chi connectivity index (χ0n) is 16.4. The molecule has 0 unspecified atom stereocenters. The van der Waals surface area contributed by atoms with E-state index in [4.69, 9.17) is 10.5 Å². The highest BCUT2D eigenvalue weighted by Crippen LogP contribution is 2.41.